The standard InChI is InChI=1S/C30H34FN5O3/c1-5-39-28-16-27(33-18-22(28)17-32)20(3)36-11-9-24-25(23-6-7-29(31)34-19(23)2)14-21(15-26(24)30(36)38)8-10-35(4)12-13-37/h6-7,14-16,18,20,37H,5,8-13H2,1-4H3/t20-/m0/s1. The average Bonchev–Trinajstić information content (AvgIpc) is 2.92. The van der Waals surface area contributed by atoms with Gasteiger partial charge in [-0.1, -0.05) is 6.07 Å². The summed E-state index contributed by atoms with van der Waals surface area (Å²) in [7, 11) is 1.94. The summed E-state index contributed by atoms with van der Waals surface area (Å²) in [5.74, 6) is -0.186. The van der Waals surface area contributed by atoms with Gasteiger partial charge in [0.2, 0.25) is 5.95 Å². The highest BCUT2D eigenvalue weighted by Crippen LogP contribution is 2.36. The molecule has 9 heteroatoms. The van der Waals surface area contributed by atoms with Gasteiger partial charge in [-0.3, -0.25) is 9.78 Å². The topological polar surface area (TPSA) is 103 Å². The molecule has 0 saturated heterocycles. The van der Waals surface area contributed by atoms with E-state index < -0.39 is 5.95 Å². The first kappa shape index (κ1) is 28.1. The summed E-state index contributed by atoms with van der Waals surface area (Å²) in [6, 6.07) is 10.6. The Balaban J connectivity index is 1.73. The molecular formula is C30H34FN5O3. The molecule has 0 radical (unpaired) electrons. The van der Waals surface area contributed by atoms with Crippen molar-refractivity contribution in [3.05, 3.63) is 76.1 Å². The summed E-state index contributed by atoms with van der Waals surface area (Å²) >= 11 is 0. The predicted octanol–water partition coefficient (Wildman–Crippen LogP) is 4.09. The van der Waals surface area contributed by atoms with Crippen LogP contribution in [0.3, 0.4) is 0 Å². The van der Waals surface area contributed by atoms with Crippen LogP contribution in [0.1, 0.15) is 58.3 Å². The van der Waals surface area contributed by atoms with E-state index in [1.807, 2.05) is 31.9 Å². The minimum absolute atomic E-state index is 0.0755. The number of nitriles is 1. The molecule has 0 spiro atoms. The van der Waals surface area contributed by atoms with E-state index in [0.717, 1.165) is 22.3 Å². The maximum atomic E-state index is 14.0. The zero-order valence-electron chi connectivity index (χ0n) is 22.9. The fourth-order valence-electron chi connectivity index (χ4n) is 5.05. The average molecular weight is 532 g/mol. The van der Waals surface area contributed by atoms with E-state index in [2.05, 4.69) is 22.1 Å². The van der Waals surface area contributed by atoms with Crippen molar-refractivity contribution >= 4 is 5.91 Å². The number of ether oxygens (including phenoxy) is 1. The van der Waals surface area contributed by atoms with Gasteiger partial charge in [-0.05, 0) is 75.5 Å². The molecule has 0 aliphatic carbocycles. The Morgan fingerprint density at radius 2 is 2.00 bits per heavy atom. The van der Waals surface area contributed by atoms with Gasteiger partial charge in [0.25, 0.3) is 5.91 Å². The number of pyridine rings is 2. The SMILES string of the molecule is CCOc1cc([C@H](C)N2CCc3c(cc(CCN(C)CCO)cc3-c3ccc(F)nc3C)C2=O)ncc1C#N. The van der Waals surface area contributed by atoms with E-state index in [0.29, 0.717) is 67.3 Å². The lowest BCUT2D eigenvalue weighted by molar-refractivity contribution is 0.0669. The summed E-state index contributed by atoms with van der Waals surface area (Å²) in [5, 5.41) is 18.7. The number of likely N-dealkylation sites (N-methyl/N-ethyl adjacent to an activating group) is 1. The number of carbonyl (C=O) groups excluding carboxylic acids is 1. The number of amides is 1. The molecule has 1 aliphatic rings. The molecule has 204 valence electrons. The Hall–Kier alpha value is -3.87. The summed E-state index contributed by atoms with van der Waals surface area (Å²) < 4.78 is 19.5. The molecule has 0 fully saturated rings. The van der Waals surface area contributed by atoms with Crippen molar-refractivity contribution in [1.29, 1.82) is 5.26 Å². The molecular weight excluding hydrogens is 497 g/mol. The van der Waals surface area contributed by atoms with Crippen molar-refractivity contribution in [2.75, 3.05) is 39.9 Å². The Labute approximate surface area is 228 Å². The van der Waals surface area contributed by atoms with Crippen molar-refractivity contribution < 1.29 is 19.0 Å². The number of aromatic nitrogens is 2. The van der Waals surface area contributed by atoms with Crippen LogP contribution >= 0.6 is 0 Å². The van der Waals surface area contributed by atoms with E-state index in [-0.39, 0.29) is 18.6 Å². The lowest BCUT2D eigenvalue weighted by atomic mass is 9.86. The Morgan fingerprint density at radius 3 is 2.69 bits per heavy atom. The fraction of sp³-hybridized carbons (Fsp3) is 0.400. The van der Waals surface area contributed by atoms with Gasteiger partial charge in [0.15, 0.2) is 0 Å². The number of fused-ring (bicyclic) bond motifs is 1. The molecule has 3 heterocycles. The van der Waals surface area contributed by atoms with E-state index in [1.165, 1.54) is 12.3 Å². The van der Waals surface area contributed by atoms with Crippen LogP contribution in [0.25, 0.3) is 11.1 Å². The minimum Gasteiger partial charge on any atom is -0.492 e. The monoisotopic (exact) mass is 531 g/mol. The molecule has 39 heavy (non-hydrogen) atoms. The van der Waals surface area contributed by atoms with Gasteiger partial charge in [-0.25, -0.2) is 4.98 Å². The first-order valence-electron chi connectivity index (χ1n) is 13.2. The van der Waals surface area contributed by atoms with Crippen LogP contribution in [-0.4, -0.2) is 70.7 Å². The molecule has 1 amide bonds. The first-order chi connectivity index (χ1) is 18.8. The Bertz CT molecular complexity index is 1400. The number of carbonyl (C=O) groups is 1. The van der Waals surface area contributed by atoms with E-state index in [4.69, 9.17) is 4.74 Å². The van der Waals surface area contributed by atoms with E-state index in [1.54, 1.807) is 24.0 Å². The van der Waals surface area contributed by atoms with Crippen molar-refractivity contribution in [1.82, 2.24) is 19.8 Å². The molecule has 8 nitrogen and oxygen atoms in total. The zero-order chi connectivity index (χ0) is 28.1. The van der Waals surface area contributed by atoms with Crippen molar-refractivity contribution in [3.63, 3.8) is 0 Å². The lowest BCUT2D eigenvalue weighted by Gasteiger charge is -2.35. The number of hydrogen-bond acceptors (Lipinski definition) is 7. The minimum atomic E-state index is -0.538. The summed E-state index contributed by atoms with van der Waals surface area (Å²) in [6.07, 6.45) is 2.79. The van der Waals surface area contributed by atoms with Gasteiger partial charge in [0, 0.05) is 48.7 Å². The maximum Gasteiger partial charge on any atom is 0.254 e. The molecule has 3 aromatic rings. The lowest BCUT2D eigenvalue weighted by Crippen LogP contribution is -2.40. The highest BCUT2D eigenvalue weighted by atomic mass is 19.1. The van der Waals surface area contributed by atoms with Gasteiger partial charge >= 0.3 is 0 Å². The summed E-state index contributed by atoms with van der Waals surface area (Å²) in [5.41, 5.74) is 5.80. The van der Waals surface area contributed by atoms with Crippen LogP contribution in [-0.2, 0) is 12.8 Å². The molecule has 1 N–H and O–H groups in total. The highest BCUT2D eigenvalue weighted by Gasteiger charge is 2.32. The van der Waals surface area contributed by atoms with Crippen LogP contribution in [0.2, 0.25) is 0 Å². The largest absolute Gasteiger partial charge is 0.492 e. The highest BCUT2D eigenvalue weighted by molar-refractivity contribution is 5.99. The normalized spacial score (nSPS) is 13.8. The van der Waals surface area contributed by atoms with E-state index >= 15 is 0 Å². The number of rotatable bonds is 10. The van der Waals surface area contributed by atoms with Crippen LogP contribution in [0.5, 0.6) is 5.75 Å². The molecule has 0 bridgehead atoms. The molecule has 1 aliphatic heterocycles. The van der Waals surface area contributed by atoms with Crippen LogP contribution < -0.4 is 4.74 Å². The second kappa shape index (κ2) is 12.3. The second-order valence-electron chi connectivity index (χ2n) is 9.79. The van der Waals surface area contributed by atoms with Gasteiger partial charge in [-0.2, -0.15) is 9.65 Å². The number of aliphatic hydroxyl groups is 1. The third-order valence-corrected chi connectivity index (χ3v) is 7.21. The van der Waals surface area contributed by atoms with Crippen LogP contribution in [0.4, 0.5) is 4.39 Å². The Kier molecular flexibility index (Phi) is 8.90. The molecule has 1 aromatic carbocycles. The van der Waals surface area contributed by atoms with Crippen molar-refractivity contribution in [3.8, 4) is 22.9 Å². The zero-order valence-corrected chi connectivity index (χ0v) is 22.9. The molecule has 1 atom stereocenters. The Morgan fingerprint density at radius 1 is 1.23 bits per heavy atom. The number of benzene rings is 1. The van der Waals surface area contributed by atoms with E-state index in [9.17, 15) is 19.6 Å². The van der Waals surface area contributed by atoms with Crippen LogP contribution in [0.15, 0.2) is 36.5 Å². The number of aryl methyl sites for hydroxylation is 1. The third-order valence-electron chi connectivity index (χ3n) is 7.21. The maximum absolute atomic E-state index is 14.0. The number of halogens is 1. The summed E-state index contributed by atoms with van der Waals surface area (Å²) in [6.45, 7) is 7.80. The second-order valence-corrected chi connectivity index (χ2v) is 9.79. The smallest absolute Gasteiger partial charge is 0.254 e. The molecule has 2 aromatic heterocycles. The first-order valence-corrected chi connectivity index (χ1v) is 13.2. The predicted molar refractivity (Wildman–Crippen MR) is 146 cm³/mol. The van der Waals surface area contributed by atoms with Crippen LogP contribution in [0, 0.1) is 24.2 Å². The van der Waals surface area contributed by atoms with Crippen molar-refractivity contribution in [2.45, 2.75) is 39.7 Å². The number of hydrogen-bond donors (Lipinski definition) is 1. The summed E-state index contributed by atoms with van der Waals surface area (Å²) in [4.78, 5) is 26.3. The van der Waals surface area contributed by atoms with Crippen molar-refractivity contribution in [2.24, 2.45) is 0 Å². The van der Waals surface area contributed by atoms with Gasteiger partial charge in [0.1, 0.15) is 17.4 Å². The number of nitrogens with zero attached hydrogens (tertiary/aromatic N) is 5. The number of aliphatic hydroxyl groups excluding tert-OH is 1. The van der Waals surface area contributed by atoms with Gasteiger partial charge in [0.05, 0.1) is 24.9 Å². The molecule has 0 unspecified atom stereocenters. The molecule has 0 saturated carbocycles. The van der Waals surface area contributed by atoms with Gasteiger partial charge in [-0.15, -0.1) is 0 Å². The fourth-order valence-corrected chi connectivity index (χ4v) is 5.05. The molecule has 4 rings (SSSR count). The third kappa shape index (κ3) is 6.08. The van der Waals surface area contributed by atoms with Gasteiger partial charge < -0.3 is 19.6 Å². The quantitative estimate of drug-likeness (QED) is 0.393.